The van der Waals surface area contributed by atoms with Crippen molar-refractivity contribution in [2.24, 2.45) is 5.73 Å². The molecule has 3 amide bonds. The SMILES string of the molecule is C[C@@H](NC(=O)[C@@H]1C[C@](F)(CF)CN1C(=O)CNC(=O)c1ccc2c(c1)sc1ccccc12)c1cc(C(=N)N)cs1. The second-order valence-corrected chi connectivity index (χ2v) is 11.9. The van der Waals surface area contributed by atoms with Gasteiger partial charge in [0.2, 0.25) is 11.8 Å². The van der Waals surface area contributed by atoms with Gasteiger partial charge in [-0.1, -0.05) is 24.3 Å². The first kappa shape index (κ1) is 27.7. The number of fused-ring (bicyclic) bond motifs is 3. The van der Waals surface area contributed by atoms with Crippen molar-refractivity contribution < 1.29 is 23.2 Å². The van der Waals surface area contributed by atoms with Crippen molar-refractivity contribution in [2.75, 3.05) is 19.8 Å². The molecule has 8 nitrogen and oxygen atoms in total. The van der Waals surface area contributed by atoms with Crippen molar-refractivity contribution in [1.29, 1.82) is 5.41 Å². The first-order chi connectivity index (χ1) is 19.1. The monoisotopic (exact) mass is 583 g/mol. The minimum absolute atomic E-state index is 0.107. The number of nitrogens with two attached hydrogens (primary N) is 1. The summed E-state index contributed by atoms with van der Waals surface area (Å²) in [4.78, 5) is 40.7. The normalized spacial score (nSPS) is 19.6. The Kier molecular flexibility index (Phi) is 7.56. The smallest absolute Gasteiger partial charge is 0.251 e. The molecule has 12 heteroatoms. The van der Waals surface area contributed by atoms with Crippen LogP contribution in [0.1, 0.15) is 40.2 Å². The number of hydrogen-bond donors (Lipinski definition) is 4. The lowest BCUT2D eigenvalue weighted by atomic mass is 10.0. The van der Waals surface area contributed by atoms with E-state index < -0.39 is 61.7 Å². The van der Waals surface area contributed by atoms with Crippen molar-refractivity contribution in [1.82, 2.24) is 15.5 Å². The lowest BCUT2D eigenvalue weighted by molar-refractivity contribution is -0.138. The summed E-state index contributed by atoms with van der Waals surface area (Å²) in [6.45, 7) is -0.700. The van der Waals surface area contributed by atoms with E-state index in [2.05, 4.69) is 10.6 Å². The Bertz CT molecular complexity index is 1640. The Labute approximate surface area is 236 Å². The Morgan fingerprint density at radius 1 is 1.15 bits per heavy atom. The molecule has 3 heterocycles. The predicted octanol–water partition coefficient (Wildman–Crippen LogP) is 4.29. The van der Waals surface area contributed by atoms with E-state index in [-0.39, 0.29) is 5.84 Å². The second-order valence-electron chi connectivity index (χ2n) is 9.90. The van der Waals surface area contributed by atoms with Gasteiger partial charge in [0, 0.05) is 48.0 Å². The lowest BCUT2D eigenvalue weighted by Gasteiger charge is -2.25. The number of amidine groups is 1. The number of nitrogen functional groups attached to an aromatic ring is 1. The number of thiophene rings is 2. The summed E-state index contributed by atoms with van der Waals surface area (Å²) in [6, 6.07) is 13.1. The molecular formula is C28H27F2N5O3S2. The molecule has 1 saturated heterocycles. The topological polar surface area (TPSA) is 128 Å². The number of halogens is 2. The molecule has 40 heavy (non-hydrogen) atoms. The summed E-state index contributed by atoms with van der Waals surface area (Å²) in [7, 11) is 0. The van der Waals surface area contributed by atoms with Crippen LogP contribution in [0, 0.1) is 5.41 Å². The zero-order valence-corrected chi connectivity index (χ0v) is 23.1. The van der Waals surface area contributed by atoms with Crippen LogP contribution in [0.15, 0.2) is 53.9 Å². The van der Waals surface area contributed by atoms with E-state index in [0.717, 1.165) is 25.1 Å². The summed E-state index contributed by atoms with van der Waals surface area (Å²) < 4.78 is 30.6. The number of hydrogen-bond acceptors (Lipinski definition) is 6. The third-order valence-electron chi connectivity index (χ3n) is 7.01. The average Bonchev–Trinajstić information content (AvgIpc) is 3.67. The average molecular weight is 584 g/mol. The standard InChI is InChI=1S/C28H27F2N5O3S2/c1-15(22-9-17(12-39-22)25(31)32)34-27(38)20-10-28(30,13-29)14-35(20)24(36)11-33-26(37)16-6-7-19-18-4-2-3-5-21(18)40-23(19)8-16/h2-9,12,15,20H,10-11,13-14H2,1H3,(H3,31,32)(H,33,37)(H,34,38)/t15-,20+,28+/m1/s1. The molecule has 0 unspecified atom stereocenters. The number of alkyl halides is 2. The molecule has 1 fully saturated rings. The van der Waals surface area contributed by atoms with Crippen molar-refractivity contribution in [3.63, 3.8) is 0 Å². The zero-order valence-electron chi connectivity index (χ0n) is 21.5. The van der Waals surface area contributed by atoms with Crippen LogP contribution in [0.2, 0.25) is 0 Å². The van der Waals surface area contributed by atoms with Crippen LogP contribution in [0.5, 0.6) is 0 Å². The van der Waals surface area contributed by atoms with Crippen LogP contribution in [-0.2, 0) is 9.59 Å². The molecule has 3 atom stereocenters. The van der Waals surface area contributed by atoms with E-state index in [4.69, 9.17) is 11.1 Å². The Hall–Kier alpha value is -3.90. The molecule has 0 spiro atoms. The fraction of sp³-hybridized carbons (Fsp3) is 0.286. The van der Waals surface area contributed by atoms with Gasteiger partial charge in [-0.25, -0.2) is 8.78 Å². The van der Waals surface area contributed by atoms with E-state index >= 15 is 4.39 Å². The van der Waals surface area contributed by atoms with Crippen molar-refractivity contribution in [3.05, 3.63) is 69.9 Å². The summed E-state index contributed by atoms with van der Waals surface area (Å²) >= 11 is 2.85. The fourth-order valence-corrected chi connectivity index (χ4v) is 6.92. The number of benzene rings is 2. The molecule has 0 saturated carbocycles. The van der Waals surface area contributed by atoms with Crippen molar-refractivity contribution >= 4 is 66.4 Å². The molecular weight excluding hydrogens is 556 g/mol. The van der Waals surface area contributed by atoms with Gasteiger partial charge in [0.1, 0.15) is 18.6 Å². The molecule has 2 aromatic heterocycles. The summed E-state index contributed by atoms with van der Waals surface area (Å²) in [5.41, 5.74) is 4.02. The molecule has 4 aromatic rings. The van der Waals surface area contributed by atoms with Crippen LogP contribution in [0.4, 0.5) is 8.78 Å². The molecule has 1 aliphatic heterocycles. The number of carbonyl (C=O) groups excluding carboxylic acids is 3. The fourth-order valence-electron chi connectivity index (χ4n) is 4.86. The van der Waals surface area contributed by atoms with Gasteiger partial charge in [-0.15, -0.1) is 22.7 Å². The minimum atomic E-state index is -2.36. The summed E-state index contributed by atoms with van der Waals surface area (Å²) in [6.07, 6.45) is -0.493. The van der Waals surface area contributed by atoms with Gasteiger partial charge in [-0.05, 0) is 31.2 Å². The quantitative estimate of drug-likeness (QED) is 0.182. The van der Waals surface area contributed by atoms with Crippen LogP contribution in [0.25, 0.3) is 20.2 Å². The number of amides is 3. The lowest BCUT2D eigenvalue weighted by Crippen LogP contribution is -2.49. The maximum atomic E-state index is 15.0. The molecule has 1 aliphatic rings. The number of nitrogens with one attached hydrogen (secondary N) is 3. The number of rotatable bonds is 8. The maximum Gasteiger partial charge on any atom is 0.251 e. The van der Waals surface area contributed by atoms with E-state index in [1.54, 1.807) is 41.8 Å². The van der Waals surface area contributed by atoms with E-state index in [1.165, 1.54) is 11.3 Å². The second kappa shape index (κ2) is 10.9. The Morgan fingerprint density at radius 2 is 1.90 bits per heavy atom. The number of likely N-dealkylation sites (tertiary alicyclic amines) is 1. The summed E-state index contributed by atoms with van der Waals surface area (Å²) in [5.74, 6) is -1.91. The predicted molar refractivity (Wildman–Crippen MR) is 153 cm³/mol. The minimum Gasteiger partial charge on any atom is -0.384 e. The van der Waals surface area contributed by atoms with Gasteiger partial charge in [0.15, 0.2) is 5.67 Å². The largest absolute Gasteiger partial charge is 0.384 e. The van der Waals surface area contributed by atoms with Crippen LogP contribution >= 0.6 is 22.7 Å². The van der Waals surface area contributed by atoms with Crippen LogP contribution < -0.4 is 16.4 Å². The number of nitrogens with zero attached hydrogens (tertiary/aromatic N) is 1. The van der Waals surface area contributed by atoms with Gasteiger partial charge < -0.3 is 21.3 Å². The Balaban J connectivity index is 1.26. The zero-order chi connectivity index (χ0) is 28.6. The summed E-state index contributed by atoms with van der Waals surface area (Å²) in [5, 5.41) is 16.6. The molecule has 208 valence electrons. The molecule has 0 aliphatic carbocycles. The van der Waals surface area contributed by atoms with Gasteiger partial charge in [0.25, 0.3) is 5.91 Å². The highest BCUT2D eigenvalue weighted by atomic mass is 32.1. The van der Waals surface area contributed by atoms with E-state index in [0.29, 0.717) is 16.0 Å². The molecule has 5 rings (SSSR count). The highest BCUT2D eigenvalue weighted by molar-refractivity contribution is 7.25. The van der Waals surface area contributed by atoms with Crippen molar-refractivity contribution in [2.45, 2.75) is 31.1 Å². The van der Waals surface area contributed by atoms with Crippen LogP contribution in [0.3, 0.4) is 0 Å². The third kappa shape index (κ3) is 5.41. The molecule has 0 radical (unpaired) electrons. The molecule has 2 aromatic carbocycles. The highest BCUT2D eigenvalue weighted by Crippen LogP contribution is 2.34. The van der Waals surface area contributed by atoms with Gasteiger partial charge in [-0.2, -0.15) is 0 Å². The van der Waals surface area contributed by atoms with Crippen molar-refractivity contribution in [3.8, 4) is 0 Å². The maximum absolute atomic E-state index is 15.0. The molecule has 5 N–H and O–H groups in total. The van der Waals surface area contributed by atoms with Gasteiger partial charge >= 0.3 is 0 Å². The van der Waals surface area contributed by atoms with Gasteiger partial charge in [0.05, 0.1) is 19.1 Å². The highest BCUT2D eigenvalue weighted by Gasteiger charge is 2.49. The molecule has 0 bridgehead atoms. The number of carbonyl (C=O) groups is 3. The first-order valence-corrected chi connectivity index (χ1v) is 14.3. The van der Waals surface area contributed by atoms with E-state index in [9.17, 15) is 18.8 Å². The van der Waals surface area contributed by atoms with E-state index in [1.807, 2.05) is 30.3 Å². The third-order valence-corrected chi connectivity index (χ3v) is 9.26. The first-order valence-electron chi connectivity index (χ1n) is 12.6. The Morgan fingerprint density at radius 3 is 2.62 bits per heavy atom. The van der Waals surface area contributed by atoms with Crippen LogP contribution in [-0.4, -0.2) is 59.9 Å². The van der Waals surface area contributed by atoms with Gasteiger partial charge in [-0.3, -0.25) is 19.8 Å².